The number of aliphatic hydroxyl groups is 1. The Morgan fingerprint density at radius 2 is 1.93 bits per heavy atom. The van der Waals surface area contributed by atoms with Gasteiger partial charge in [-0.2, -0.15) is 13.2 Å². The number of hydrogen-bond donors (Lipinski definition) is 2. The maximum atomic E-state index is 13.7. The fourth-order valence-corrected chi connectivity index (χ4v) is 3.29. The lowest BCUT2D eigenvalue weighted by molar-refractivity contribution is -0.137. The van der Waals surface area contributed by atoms with Gasteiger partial charge < -0.3 is 10.4 Å². The van der Waals surface area contributed by atoms with Crippen LogP contribution in [-0.4, -0.2) is 35.1 Å². The highest BCUT2D eigenvalue weighted by molar-refractivity contribution is 5.92. The normalized spacial score (nSPS) is 20.4. The van der Waals surface area contributed by atoms with E-state index in [0.717, 1.165) is 30.3 Å². The molecular formula is C19H17F5N2O2. The number of anilines is 1. The standard InChI is InChI=1S/C19H17F5N2O2/c20-13-4-5-15(21)16(7-13)25-18(28)10-26-9-14(27)8-17(26)11-2-1-3-12(6-11)19(22,23)24/h1-7,14,17,27H,8-10H2,(H,25,28)/t14-,17-/m0/s1. The lowest BCUT2D eigenvalue weighted by atomic mass is 10.0. The summed E-state index contributed by atoms with van der Waals surface area (Å²) in [6, 6.07) is 6.69. The smallest absolute Gasteiger partial charge is 0.392 e. The molecule has 2 atom stereocenters. The van der Waals surface area contributed by atoms with Gasteiger partial charge in [0.05, 0.1) is 23.9 Å². The minimum atomic E-state index is -4.51. The molecule has 0 unspecified atom stereocenters. The van der Waals surface area contributed by atoms with Crippen LogP contribution in [0.4, 0.5) is 27.6 Å². The Morgan fingerprint density at radius 1 is 1.18 bits per heavy atom. The number of halogens is 5. The quantitative estimate of drug-likeness (QED) is 0.769. The van der Waals surface area contributed by atoms with Crippen LogP contribution in [0, 0.1) is 11.6 Å². The number of likely N-dealkylation sites (tertiary alicyclic amines) is 1. The van der Waals surface area contributed by atoms with E-state index in [2.05, 4.69) is 5.32 Å². The summed E-state index contributed by atoms with van der Waals surface area (Å²) < 4.78 is 65.8. The van der Waals surface area contributed by atoms with E-state index in [1.807, 2.05) is 0 Å². The zero-order chi connectivity index (χ0) is 20.5. The van der Waals surface area contributed by atoms with E-state index in [4.69, 9.17) is 0 Å². The molecule has 3 rings (SSSR count). The zero-order valence-electron chi connectivity index (χ0n) is 14.5. The van der Waals surface area contributed by atoms with Gasteiger partial charge in [-0.25, -0.2) is 8.78 Å². The Bertz CT molecular complexity index is 872. The van der Waals surface area contributed by atoms with Gasteiger partial charge in [-0.05, 0) is 36.2 Å². The number of hydrogen-bond acceptors (Lipinski definition) is 3. The van der Waals surface area contributed by atoms with Crippen LogP contribution >= 0.6 is 0 Å². The van der Waals surface area contributed by atoms with Crippen molar-refractivity contribution < 1.29 is 31.9 Å². The average Bonchev–Trinajstić information content (AvgIpc) is 2.97. The number of alkyl halides is 3. The van der Waals surface area contributed by atoms with E-state index in [1.54, 1.807) is 0 Å². The molecule has 1 aliphatic rings. The second-order valence-electron chi connectivity index (χ2n) is 6.63. The third-order valence-electron chi connectivity index (χ3n) is 4.53. The number of benzene rings is 2. The molecule has 9 heteroatoms. The van der Waals surface area contributed by atoms with Crippen molar-refractivity contribution in [2.45, 2.75) is 24.7 Å². The second-order valence-corrected chi connectivity index (χ2v) is 6.63. The molecule has 4 nitrogen and oxygen atoms in total. The van der Waals surface area contributed by atoms with E-state index < -0.39 is 41.4 Å². The SMILES string of the molecule is O=C(CN1C[C@@H](O)C[C@H]1c1cccc(C(F)(F)F)c1)Nc1cc(F)ccc1F. The molecule has 150 valence electrons. The minimum absolute atomic E-state index is 0.0694. The molecule has 2 N–H and O–H groups in total. The lowest BCUT2D eigenvalue weighted by Crippen LogP contribution is -2.34. The van der Waals surface area contributed by atoms with Crippen molar-refractivity contribution in [2.24, 2.45) is 0 Å². The predicted molar refractivity (Wildman–Crippen MR) is 91.4 cm³/mol. The number of aliphatic hydroxyl groups excluding tert-OH is 1. The summed E-state index contributed by atoms with van der Waals surface area (Å²) in [7, 11) is 0. The van der Waals surface area contributed by atoms with Crippen molar-refractivity contribution in [3.8, 4) is 0 Å². The molecule has 2 aromatic carbocycles. The van der Waals surface area contributed by atoms with Crippen molar-refractivity contribution in [3.05, 3.63) is 65.2 Å². The highest BCUT2D eigenvalue weighted by Gasteiger charge is 2.36. The van der Waals surface area contributed by atoms with Crippen LogP contribution in [0.2, 0.25) is 0 Å². The van der Waals surface area contributed by atoms with Crippen molar-refractivity contribution in [1.82, 2.24) is 4.90 Å². The van der Waals surface area contributed by atoms with Gasteiger partial charge in [-0.1, -0.05) is 12.1 Å². The summed E-state index contributed by atoms with van der Waals surface area (Å²) >= 11 is 0. The summed E-state index contributed by atoms with van der Waals surface area (Å²) in [5.41, 5.74) is -0.839. The van der Waals surface area contributed by atoms with Gasteiger partial charge in [0, 0.05) is 18.7 Å². The number of nitrogens with one attached hydrogen (secondary N) is 1. The first-order valence-electron chi connectivity index (χ1n) is 8.47. The maximum absolute atomic E-state index is 13.7. The van der Waals surface area contributed by atoms with Crippen LogP contribution in [0.1, 0.15) is 23.6 Å². The highest BCUT2D eigenvalue weighted by Crippen LogP contribution is 2.36. The van der Waals surface area contributed by atoms with Crippen molar-refractivity contribution in [3.63, 3.8) is 0 Å². The van der Waals surface area contributed by atoms with Crippen LogP contribution in [0.3, 0.4) is 0 Å². The van der Waals surface area contributed by atoms with Crippen molar-refractivity contribution >= 4 is 11.6 Å². The number of carbonyl (C=O) groups is 1. The number of nitrogens with zero attached hydrogens (tertiary/aromatic N) is 1. The number of β-amino-alcohol motifs (C(OH)–C–C–N with tert-alkyl or cyclic N) is 1. The first kappa shape index (κ1) is 20.2. The highest BCUT2D eigenvalue weighted by atomic mass is 19.4. The summed E-state index contributed by atoms with van der Waals surface area (Å²) in [5.74, 6) is -2.21. The van der Waals surface area contributed by atoms with Crippen LogP contribution in [0.5, 0.6) is 0 Å². The molecule has 28 heavy (non-hydrogen) atoms. The van der Waals surface area contributed by atoms with Gasteiger partial charge in [-0.3, -0.25) is 9.69 Å². The summed E-state index contributed by atoms with van der Waals surface area (Å²) in [6.07, 6.45) is -5.17. The molecule has 0 radical (unpaired) electrons. The van der Waals surface area contributed by atoms with Crippen molar-refractivity contribution in [1.29, 1.82) is 0 Å². The van der Waals surface area contributed by atoms with E-state index in [1.165, 1.54) is 17.0 Å². The van der Waals surface area contributed by atoms with Gasteiger partial charge in [0.1, 0.15) is 11.6 Å². The molecule has 1 saturated heterocycles. The molecule has 0 bridgehead atoms. The fourth-order valence-electron chi connectivity index (χ4n) is 3.29. The number of carbonyl (C=O) groups excluding carboxylic acids is 1. The van der Waals surface area contributed by atoms with Crippen LogP contribution in [0.25, 0.3) is 0 Å². The first-order valence-corrected chi connectivity index (χ1v) is 8.47. The Labute approximate surface area is 157 Å². The summed E-state index contributed by atoms with van der Waals surface area (Å²) in [4.78, 5) is 13.7. The third-order valence-corrected chi connectivity index (χ3v) is 4.53. The fraction of sp³-hybridized carbons (Fsp3) is 0.316. The van der Waals surface area contributed by atoms with Gasteiger partial charge in [0.15, 0.2) is 0 Å². The van der Waals surface area contributed by atoms with Crippen LogP contribution in [0.15, 0.2) is 42.5 Å². The first-order chi connectivity index (χ1) is 13.1. The van der Waals surface area contributed by atoms with Crippen LogP contribution in [-0.2, 0) is 11.0 Å². The molecular weight excluding hydrogens is 383 g/mol. The predicted octanol–water partition coefficient (Wildman–Crippen LogP) is 3.73. The maximum Gasteiger partial charge on any atom is 0.416 e. The van der Waals surface area contributed by atoms with Gasteiger partial charge in [0.2, 0.25) is 5.91 Å². The minimum Gasteiger partial charge on any atom is -0.392 e. The van der Waals surface area contributed by atoms with Gasteiger partial charge in [0.25, 0.3) is 0 Å². The molecule has 1 amide bonds. The number of amides is 1. The Morgan fingerprint density at radius 3 is 2.64 bits per heavy atom. The zero-order valence-corrected chi connectivity index (χ0v) is 14.5. The van der Waals surface area contributed by atoms with Gasteiger partial charge in [-0.15, -0.1) is 0 Å². The van der Waals surface area contributed by atoms with Crippen molar-refractivity contribution in [2.75, 3.05) is 18.4 Å². The van der Waals surface area contributed by atoms with E-state index >= 15 is 0 Å². The topological polar surface area (TPSA) is 52.6 Å². The average molecular weight is 400 g/mol. The van der Waals surface area contributed by atoms with E-state index in [9.17, 15) is 31.9 Å². The second kappa shape index (κ2) is 7.84. The third kappa shape index (κ3) is 4.66. The lowest BCUT2D eigenvalue weighted by Gasteiger charge is -2.24. The van der Waals surface area contributed by atoms with Gasteiger partial charge >= 0.3 is 6.18 Å². The molecule has 1 heterocycles. The molecule has 1 fully saturated rings. The summed E-state index contributed by atoms with van der Waals surface area (Å²) in [5, 5.41) is 12.2. The molecule has 0 spiro atoms. The molecule has 0 aromatic heterocycles. The molecule has 0 saturated carbocycles. The molecule has 1 aliphatic heterocycles. The Kier molecular flexibility index (Phi) is 5.66. The Hall–Kier alpha value is -2.52. The monoisotopic (exact) mass is 400 g/mol. The summed E-state index contributed by atoms with van der Waals surface area (Å²) in [6.45, 7) is -0.228. The largest absolute Gasteiger partial charge is 0.416 e. The molecule has 0 aliphatic carbocycles. The van der Waals surface area contributed by atoms with E-state index in [-0.39, 0.29) is 25.2 Å². The van der Waals surface area contributed by atoms with Crippen LogP contribution < -0.4 is 5.32 Å². The molecule has 2 aromatic rings. The Balaban J connectivity index is 1.75. The number of rotatable bonds is 4. The van der Waals surface area contributed by atoms with E-state index in [0.29, 0.717) is 5.56 Å².